The van der Waals surface area contributed by atoms with Crippen LogP contribution in [0.15, 0.2) is 0 Å². The molecular formula is C23H43NO. The van der Waals surface area contributed by atoms with Crippen LogP contribution in [-0.2, 0) is 4.74 Å². The fourth-order valence-electron chi connectivity index (χ4n) is 6.08. The molecule has 0 radical (unpaired) electrons. The molecule has 1 aliphatic heterocycles. The van der Waals surface area contributed by atoms with Gasteiger partial charge in [0.2, 0.25) is 0 Å². The summed E-state index contributed by atoms with van der Waals surface area (Å²) in [6.07, 6.45) is 17.7. The Hall–Kier alpha value is -0.0800. The third kappa shape index (κ3) is 5.01. The van der Waals surface area contributed by atoms with E-state index in [2.05, 4.69) is 25.7 Å². The molecule has 2 heteroatoms. The molecule has 1 spiro atoms. The van der Waals surface area contributed by atoms with Crippen LogP contribution in [0.5, 0.6) is 0 Å². The van der Waals surface area contributed by atoms with Gasteiger partial charge in [-0.2, -0.15) is 0 Å². The molecule has 1 saturated heterocycles. The van der Waals surface area contributed by atoms with Crippen molar-refractivity contribution in [3.63, 3.8) is 0 Å². The fraction of sp³-hybridized carbons (Fsp3) is 1.00. The average molecular weight is 350 g/mol. The van der Waals surface area contributed by atoms with Crippen molar-refractivity contribution in [2.75, 3.05) is 19.7 Å². The molecule has 2 nitrogen and oxygen atoms in total. The van der Waals surface area contributed by atoms with Crippen LogP contribution in [0, 0.1) is 17.3 Å². The summed E-state index contributed by atoms with van der Waals surface area (Å²) in [6.45, 7) is 10.6. The van der Waals surface area contributed by atoms with Crippen LogP contribution in [0.4, 0.5) is 0 Å². The van der Waals surface area contributed by atoms with E-state index in [1.807, 2.05) is 0 Å². The van der Waals surface area contributed by atoms with Crippen LogP contribution < -0.4 is 0 Å². The summed E-state index contributed by atoms with van der Waals surface area (Å²) in [7, 11) is 0. The largest absolute Gasteiger partial charge is 0.379 e. The molecule has 2 unspecified atom stereocenters. The smallest absolute Gasteiger partial charge is 0.0576 e. The van der Waals surface area contributed by atoms with Crippen LogP contribution >= 0.6 is 0 Å². The van der Waals surface area contributed by atoms with Crippen molar-refractivity contribution in [1.82, 2.24) is 4.90 Å². The van der Waals surface area contributed by atoms with Crippen LogP contribution in [0.3, 0.4) is 0 Å². The molecule has 0 bridgehead atoms. The Labute approximate surface area is 157 Å². The second-order valence-corrected chi connectivity index (χ2v) is 9.50. The van der Waals surface area contributed by atoms with E-state index in [0.29, 0.717) is 11.5 Å². The van der Waals surface area contributed by atoms with Gasteiger partial charge in [-0.15, -0.1) is 0 Å². The second-order valence-electron chi connectivity index (χ2n) is 9.50. The highest BCUT2D eigenvalue weighted by Crippen LogP contribution is 2.47. The van der Waals surface area contributed by atoms with Crippen molar-refractivity contribution in [1.29, 1.82) is 0 Å². The van der Waals surface area contributed by atoms with Gasteiger partial charge in [0.25, 0.3) is 0 Å². The third-order valence-electron chi connectivity index (χ3n) is 8.20. The summed E-state index contributed by atoms with van der Waals surface area (Å²) in [5.74, 6) is 1.95. The molecular weight excluding hydrogens is 306 g/mol. The highest BCUT2D eigenvalue weighted by Gasteiger charge is 2.38. The Morgan fingerprint density at radius 1 is 0.920 bits per heavy atom. The lowest BCUT2D eigenvalue weighted by Crippen LogP contribution is -2.47. The van der Waals surface area contributed by atoms with Gasteiger partial charge < -0.3 is 9.64 Å². The third-order valence-corrected chi connectivity index (χ3v) is 8.20. The topological polar surface area (TPSA) is 12.5 Å². The first-order valence-electron chi connectivity index (χ1n) is 11.5. The van der Waals surface area contributed by atoms with Gasteiger partial charge >= 0.3 is 0 Å². The van der Waals surface area contributed by atoms with Gasteiger partial charge in [-0.05, 0) is 95.1 Å². The van der Waals surface area contributed by atoms with Gasteiger partial charge in [-0.1, -0.05) is 33.1 Å². The molecule has 2 atom stereocenters. The van der Waals surface area contributed by atoms with Crippen molar-refractivity contribution < 1.29 is 4.74 Å². The molecule has 3 aliphatic rings. The maximum Gasteiger partial charge on any atom is 0.0576 e. The number of hydrogen-bond acceptors (Lipinski definition) is 2. The molecule has 3 fully saturated rings. The Kier molecular flexibility index (Phi) is 7.26. The standard InChI is InChI=1S/C23H43NO/c1-4-19(3)20-7-6-13-23(14-12-20)15-17-24(18-16-23)21-8-10-22(11-9-21)25-5-2/h19-22H,4-18H2,1-3H3. The molecule has 2 saturated carbocycles. The maximum atomic E-state index is 5.84. The Morgan fingerprint density at radius 2 is 1.64 bits per heavy atom. The lowest BCUT2D eigenvalue weighted by atomic mass is 9.71. The highest BCUT2D eigenvalue weighted by molar-refractivity contribution is 4.92. The zero-order valence-electron chi connectivity index (χ0n) is 17.3. The number of piperidine rings is 1. The highest BCUT2D eigenvalue weighted by atomic mass is 16.5. The van der Waals surface area contributed by atoms with E-state index in [-0.39, 0.29) is 0 Å². The van der Waals surface area contributed by atoms with E-state index >= 15 is 0 Å². The fourth-order valence-corrected chi connectivity index (χ4v) is 6.08. The zero-order chi connectivity index (χ0) is 17.7. The van der Waals surface area contributed by atoms with Crippen LogP contribution in [-0.4, -0.2) is 36.7 Å². The molecule has 0 amide bonds. The van der Waals surface area contributed by atoms with Gasteiger partial charge in [-0.25, -0.2) is 0 Å². The van der Waals surface area contributed by atoms with E-state index < -0.39 is 0 Å². The quantitative estimate of drug-likeness (QED) is 0.599. The van der Waals surface area contributed by atoms with Crippen molar-refractivity contribution in [2.24, 2.45) is 17.3 Å². The summed E-state index contributed by atoms with van der Waals surface area (Å²) in [4.78, 5) is 2.85. The number of nitrogens with zero attached hydrogens (tertiary/aromatic N) is 1. The minimum atomic E-state index is 0.553. The predicted octanol–water partition coefficient (Wildman–Crippen LogP) is 6.04. The lowest BCUT2D eigenvalue weighted by molar-refractivity contribution is -0.00335. The second kappa shape index (κ2) is 9.22. The van der Waals surface area contributed by atoms with E-state index in [1.54, 1.807) is 0 Å². The summed E-state index contributed by atoms with van der Waals surface area (Å²) >= 11 is 0. The van der Waals surface area contributed by atoms with E-state index in [1.165, 1.54) is 90.1 Å². The molecule has 3 rings (SSSR count). The molecule has 1 heterocycles. The van der Waals surface area contributed by atoms with Crippen molar-refractivity contribution >= 4 is 0 Å². The van der Waals surface area contributed by atoms with Gasteiger partial charge in [0.05, 0.1) is 6.10 Å². The summed E-state index contributed by atoms with van der Waals surface area (Å²) < 4.78 is 5.84. The Balaban J connectivity index is 1.45. The minimum absolute atomic E-state index is 0.553. The van der Waals surface area contributed by atoms with Crippen molar-refractivity contribution in [3.05, 3.63) is 0 Å². The summed E-state index contributed by atoms with van der Waals surface area (Å²) in [6, 6.07) is 0.854. The van der Waals surface area contributed by atoms with Gasteiger partial charge in [0.1, 0.15) is 0 Å². The van der Waals surface area contributed by atoms with Gasteiger partial charge in [0, 0.05) is 12.6 Å². The molecule has 25 heavy (non-hydrogen) atoms. The first-order chi connectivity index (χ1) is 12.2. The van der Waals surface area contributed by atoms with Crippen molar-refractivity contribution in [3.8, 4) is 0 Å². The first-order valence-corrected chi connectivity index (χ1v) is 11.5. The molecule has 2 aliphatic carbocycles. The Morgan fingerprint density at radius 3 is 2.28 bits per heavy atom. The number of hydrogen-bond donors (Lipinski definition) is 0. The zero-order valence-corrected chi connectivity index (χ0v) is 17.3. The number of likely N-dealkylation sites (tertiary alicyclic amines) is 1. The van der Waals surface area contributed by atoms with E-state index in [9.17, 15) is 0 Å². The molecule has 0 N–H and O–H groups in total. The normalized spacial score (nSPS) is 35.4. The predicted molar refractivity (Wildman–Crippen MR) is 107 cm³/mol. The summed E-state index contributed by atoms with van der Waals surface area (Å²) in [5, 5.41) is 0. The minimum Gasteiger partial charge on any atom is -0.379 e. The SMILES string of the molecule is CCOC1CCC(N2CCC3(CCCC(C(C)CC)CC3)CC2)CC1. The van der Waals surface area contributed by atoms with Gasteiger partial charge in [-0.3, -0.25) is 0 Å². The molecule has 0 aromatic rings. The van der Waals surface area contributed by atoms with Gasteiger partial charge in [0.15, 0.2) is 0 Å². The summed E-state index contributed by atoms with van der Waals surface area (Å²) in [5.41, 5.74) is 0.710. The van der Waals surface area contributed by atoms with E-state index in [0.717, 1.165) is 24.5 Å². The number of rotatable bonds is 5. The van der Waals surface area contributed by atoms with E-state index in [4.69, 9.17) is 4.74 Å². The lowest BCUT2D eigenvalue weighted by Gasteiger charge is -2.46. The van der Waals surface area contributed by atoms with Crippen molar-refractivity contribution in [2.45, 2.75) is 110 Å². The number of ether oxygens (including phenoxy) is 1. The monoisotopic (exact) mass is 349 g/mol. The molecule has 146 valence electrons. The van der Waals surface area contributed by atoms with Crippen LogP contribution in [0.25, 0.3) is 0 Å². The van der Waals surface area contributed by atoms with Crippen LogP contribution in [0.2, 0.25) is 0 Å². The first kappa shape index (κ1) is 19.7. The maximum absolute atomic E-state index is 5.84. The average Bonchev–Trinajstić information content (AvgIpc) is 2.86. The van der Waals surface area contributed by atoms with Crippen LogP contribution in [0.1, 0.15) is 97.8 Å². The Bertz CT molecular complexity index is 380. The molecule has 0 aromatic heterocycles. The molecule has 0 aromatic carbocycles.